The number of carbonyl (C=O) groups excluding carboxylic acids is 3. The fourth-order valence-electron chi connectivity index (χ4n) is 5.79. The van der Waals surface area contributed by atoms with Crippen LogP contribution in [-0.2, 0) is 19.1 Å². The van der Waals surface area contributed by atoms with E-state index in [-0.39, 0.29) is 36.8 Å². The van der Waals surface area contributed by atoms with Crippen molar-refractivity contribution in [2.24, 2.45) is 11.8 Å². The van der Waals surface area contributed by atoms with Gasteiger partial charge in [-0.25, -0.2) is 0 Å². The number of benzene rings is 1. The third-order valence-electron chi connectivity index (χ3n) is 7.27. The minimum atomic E-state index is -0.848. The third kappa shape index (κ3) is 4.19. The highest BCUT2D eigenvalue weighted by Gasteiger charge is 2.74. The van der Waals surface area contributed by atoms with Crippen molar-refractivity contribution < 1.29 is 24.2 Å². The van der Waals surface area contributed by atoms with Crippen LogP contribution in [0.1, 0.15) is 26.2 Å². The number of hydrogen-bond donors (Lipinski definition) is 1. The van der Waals surface area contributed by atoms with Crippen molar-refractivity contribution in [2.45, 2.75) is 48.3 Å². The van der Waals surface area contributed by atoms with Crippen LogP contribution >= 0.6 is 23.4 Å². The largest absolute Gasteiger partial charge is 0.465 e. The normalized spacial score (nSPS) is 29.6. The molecule has 1 aromatic rings. The molecule has 3 fully saturated rings. The third-order valence-corrected chi connectivity index (χ3v) is 9.54. The highest BCUT2D eigenvalue weighted by atomic mass is 35.5. The maximum atomic E-state index is 14.3. The summed E-state index contributed by atoms with van der Waals surface area (Å²) < 4.78 is 4.72. The van der Waals surface area contributed by atoms with Gasteiger partial charge in [0.25, 0.3) is 5.91 Å². The number of thioether (sulfide) groups is 1. The van der Waals surface area contributed by atoms with Gasteiger partial charge in [-0.05, 0) is 38.3 Å². The van der Waals surface area contributed by atoms with Gasteiger partial charge >= 0.3 is 5.97 Å². The second-order valence-corrected chi connectivity index (χ2v) is 11.3. The van der Waals surface area contributed by atoms with Gasteiger partial charge in [0.1, 0.15) is 6.04 Å². The molecular weight excluding hydrogens is 488 g/mol. The Labute approximate surface area is 215 Å². The maximum Gasteiger partial charge on any atom is 0.310 e. The van der Waals surface area contributed by atoms with Crippen LogP contribution in [0.2, 0.25) is 5.02 Å². The fourth-order valence-corrected chi connectivity index (χ4v) is 8.22. The average Bonchev–Trinajstić information content (AvgIpc) is 3.49. The number of fused-ring (bicyclic) bond motifs is 1. The lowest BCUT2D eigenvalue weighted by Crippen LogP contribution is -2.57. The Morgan fingerprint density at radius 2 is 2.11 bits per heavy atom. The van der Waals surface area contributed by atoms with Crippen molar-refractivity contribution in [1.29, 1.82) is 0 Å². The Kier molecular flexibility index (Phi) is 7.64. The Morgan fingerprint density at radius 1 is 1.37 bits per heavy atom. The summed E-state index contributed by atoms with van der Waals surface area (Å²) in [6.45, 7) is 9.29. The summed E-state index contributed by atoms with van der Waals surface area (Å²) in [5.74, 6) is -2.26. The SMILES string of the molecule is C=CCCOC(=O)[C@@H]1[C@@H]2CCC3(S2)C(C(=O)N(CC=C)c2ccccc2Cl)N([C@H](C)CO)C(=O)[C@H]13. The van der Waals surface area contributed by atoms with Crippen LogP contribution in [0.25, 0.3) is 0 Å². The molecule has 1 N–H and O–H groups in total. The summed E-state index contributed by atoms with van der Waals surface area (Å²) in [6.07, 6.45) is 5.17. The van der Waals surface area contributed by atoms with Crippen LogP contribution in [0, 0.1) is 11.8 Å². The predicted octanol–water partition coefficient (Wildman–Crippen LogP) is 3.45. The van der Waals surface area contributed by atoms with E-state index in [0.29, 0.717) is 30.0 Å². The van der Waals surface area contributed by atoms with Gasteiger partial charge in [0.2, 0.25) is 5.91 Å². The number of nitrogens with zero attached hydrogens (tertiary/aromatic N) is 2. The van der Waals surface area contributed by atoms with E-state index in [0.717, 1.165) is 0 Å². The molecule has 2 unspecified atom stereocenters. The molecule has 0 saturated carbocycles. The summed E-state index contributed by atoms with van der Waals surface area (Å²) in [4.78, 5) is 44.3. The van der Waals surface area contributed by atoms with Crippen LogP contribution in [0.4, 0.5) is 5.69 Å². The summed E-state index contributed by atoms with van der Waals surface area (Å²) in [7, 11) is 0. The van der Waals surface area contributed by atoms with Crippen LogP contribution in [0.5, 0.6) is 0 Å². The average molecular weight is 519 g/mol. The number of hydrogen-bond acceptors (Lipinski definition) is 6. The Hall–Kier alpha value is -2.29. The number of para-hydroxylation sites is 1. The molecule has 0 aliphatic carbocycles. The Bertz CT molecular complexity index is 1030. The second kappa shape index (κ2) is 10.4. The monoisotopic (exact) mass is 518 g/mol. The molecule has 1 aromatic carbocycles. The number of aliphatic hydroxyl groups excluding tert-OH is 1. The number of aliphatic hydroxyl groups is 1. The van der Waals surface area contributed by atoms with E-state index in [2.05, 4.69) is 13.2 Å². The standard InChI is InChI=1S/C26H31ClN2O5S/c1-4-6-14-34-25(33)20-19-11-12-26(35-19)21(20)23(31)29(16(3)15-30)22(26)24(32)28(13-5-2)18-10-8-7-9-17(18)27/h4-5,7-10,16,19-22,30H,1-2,6,11-15H2,3H3/t16-,19+,20-,21+,22?,26?/m1/s1. The zero-order chi connectivity index (χ0) is 25.3. The van der Waals surface area contributed by atoms with Gasteiger partial charge < -0.3 is 19.6 Å². The smallest absolute Gasteiger partial charge is 0.310 e. The van der Waals surface area contributed by atoms with E-state index in [1.165, 1.54) is 4.90 Å². The number of halogens is 1. The zero-order valence-corrected chi connectivity index (χ0v) is 21.3. The number of anilines is 1. The van der Waals surface area contributed by atoms with Gasteiger partial charge in [-0.1, -0.05) is 35.9 Å². The molecule has 3 aliphatic heterocycles. The first-order valence-electron chi connectivity index (χ1n) is 11.9. The number of amides is 2. The topological polar surface area (TPSA) is 87.2 Å². The molecule has 2 bridgehead atoms. The number of ether oxygens (including phenoxy) is 1. The van der Waals surface area contributed by atoms with Crippen molar-refractivity contribution in [3.8, 4) is 0 Å². The minimum Gasteiger partial charge on any atom is -0.465 e. The summed E-state index contributed by atoms with van der Waals surface area (Å²) in [5.41, 5.74) is 0.529. The number of carbonyl (C=O) groups is 3. The van der Waals surface area contributed by atoms with Crippen LogP contribution in [0.3, 0.4) is 0 Å². The van der Waals surface area contributed by atoms with E-state index in [1.807, 2.05) is 0 Å². The Balaban J connectivity index is 1.75. The van der Waals surface area contributed by atoms with Crippen molar-refractivity contribution in [1.82, 2.24) is 4.90 Å². The number of likely N-dealkylation sites (tertiary alicyclic amines) is 1. The number of esters is 1. The van der Waals surface area contributed by atoms with E-state index in [9.17, 15) is 19.5 Å². The van der Waals surface area contributed by atoms with Crippen molar-refractivity contribution in [3.63, 3.8) is 0 Å². The number of rotatable bonds is 10. The summed E-state index contributed by atoms with van der Waals surface area (Å²) in [6, 6.07) is 5.61. The first kappa shape index (κ1) is 25.8. The minimum absolute atomic E-state index is 0.0877. The van der Waals surface area contributed by atoms with Gasteiger partial charge in [-0.15, -0.1) is 24.9 Å². The summed E-state index contributed by atoms with van der Waals surface area (Å²) >= 11 is 8.01. The first-order chi connectivity index (χ1) is 16.8. The first-order valence-corrected chi connectivity index (χ1v) is 13.1. The lowest BCUT2D eigenvalue weighted by Gasteiger charge is -2.39. The molecule has 6 atom stereocenters. The lowest BCUT2D eigenvalue weighted by atomic mass is 9.71. The molecule has 1 spiro atoms. The van der Waals surface area contributed by atoms with Crippen molar-refractivity contribution in [2.75, 3.05) is 24.7 Å². The zero-order valence-electron chi connectivity index (χ0n) is 19.8. The van der Waals surface area contributed by atoms with Gasteiger partial charge in [-0.3, -0.25) is 14.4 Å². The second-order valence-electron chi connectivity index (χ2n) is 9.27. The molecule has 9 heteroatoms. The fraction of sp³-hybridized carbons (Fsp3) is 0.500. The molecule has 2 amide bonds. The predicted molar refractivity (Wildman–Crippen MR) is 137 cm³/mol. The Morgan fingerprint density at radius 3 is 2.77 bits per heavy atom. The molecule has 0 aromatic heterocycles. The van der Waals surface area contributed by atoms with Crippen molar-refractivity contribution in [3.05, 3.63) is 54.6 Å². The van der Waals surface area contributed by atoms with Gasteiger partial charge in [-0.2, -0.15) is 0 Å². The molecule has 3 heterocycles. The quantitative estimate of drug-likeness (QED) is 0.290. The van der Waals surface area contributed by atoms with E-state index >= 15 is 0 Å². The lowest BCUT2D eigenvalue weighted by molar-refractivity contribution is -0.154. The maximum absolute atomic E-state index is 14.3. The molecule has 35 heavy (non-hydrogen) atoms. The van der Waals surface area contributed by atoms with Crippen LogP contribution < -0.4 is 4.90 Å². The van der Waals surface area contributed by atoms with Gasteiger partial charge in [0.05, 0.1) is 46.5 Å². The van der Waals surface area contributed by atoms with E-state index in [4.69, 9.17) is 16.3 Å². The van der Waals surface area contributed by atoms with Gasteiger partial charge in [0.15, 0.2) is 0 Å². The van der Waals surface area contributed by atoms with E-state index < -0.39 is 34.6 Å². The summed E-state index contributed by atoms with van der Waals surface area (Å²) in [5, 5.41) is 10.3. The van der Waals surface area contributed by atoms with Crippen LogP contribution in [-0.4, -0.2) is 69.6 Å². The molecule has 188 valence electrons. The molecule has 7 nitrogen and oxygen atoms in total. The van der Waals surface area contributed by atoms with Gasteiger partial charge in [0, 0.05) is 11.8 Å². The molecule has 3 saturated heterocycles. The highest BCUT2D eigenvalue weighted by Crippen LogP contribution is 2.67. The molecule has 4 rings (SSSR count). The molecule has 0 radical (unpaired) electrons. The van der Waals surface area contributed by atoms with Crippen molar-refractivity contribution >= 4 is 46.8 Å². The van der Waals surface area contributed by atoms with E-state index in [1.54, 1.807) is 60.0 Å². The molecule has 3 aliphatic rings. The highest BCUT2D eigenvalue weighted by molar-refractivity contribution is 8.02. The van der Waals surface area contributed by atoms with Crippen LogP contribution in [0.15, 0.2) is 49.6 Å². The molecular formula is C26H31ClN2O5S.